The second-order valence-electron chi connectivity index (χ2n) is 4.69. The first-order valence-corrected chi connectivity index (χ1v) is 5.08. The van der Waals surface area contributed by atoms with Gasteiger partial charge in [0.05, 0.1) is 19.8 Å². The topological polar surface area (TPSA) is 41.6 Å². The van der Waals surface area contributed by atoms with Crippen molar-refractivity contribution < 1.29 is 11.0 Å². The second kappa shape index (κ2) is 4.75. The van der Waals surface area contributed by atoms with E-state index in [1.165, 1.54) is 0 Å². The molecule has 0 atom stereocenters. The molecule has 0 saturated carbocycles. The summed E-state index contributed by atoms with van der Waals surface area (Å²) in [7, 11) is 0. The number of rotatable bonds is 2. The van der Waals surface area contributed by atoms with E-state index in [2.05, 4.69) is 10.2 Å². The monoisotopic (exact) mass is 202 g/mol. The van der Waals surface area contributed by atoms with Gasteiger partial charge in [0.15, 0.2) is 0 Å². The Balaban J connectivity index is 0.00000196. The maximum absolute atomic E-state index is 11.5. The van der Waals surface area contributed by atoms with Crippen molar-refractivity contribution in [1.82, 2.24) is 10.2 Å². The third-order valence-corrected chi connectivity index (χ3v) is 1.99. The average Bonchev–Trinajstić information content (AvgIpc) is 2.02. The summed E-state index contributed by atoms with van der Waals surface area (Å²) in [4.78, 5) is 13.6. The van der Waals surface area contributed by atoms with E-state index in [-0.39, 0.29) is 12.9 Å². The maximum Gasteiger partial charge on any atom is 0.234 e. The van der Waals surface area contributed by atoms with E-state index in [0.717, 1.165) is 26.3 Å². The molecule has 0 radical (unpaired) electrons. The van der Waals surface area contributed by atoms with Gasteiger partial charge in [-0.25, -0.2) is 0 Å². The van der Waals surface area contributed by atoms with Gasteiger partial charge >= 0.3 is 0 Å². The molecule has 1 N–H and O–H groups in total. The van der Waals surface area contributed by atoms with E-state index in [9.17, 15) is 4.79 Å². The molecule has 0 aromatic carbocycles. The molecule has 0 aromatic rings. The van der Waals surface area contributed by atoms with Gasteiger partial charge in [-0.3, -0.25) is 9.69 Å². The maximum atomic E-state index is 11.5. The summed E-state index contributed by atoms with van der Waals surface area (Å²) in [6.45, 7) is 9.65. The molecule has 0 aliphatic carbocycles. The van der Waals surface area contributed by atoms with E-state index in [1.807, 2.05) is 20.8 Å². The van der Waals surface area contributed by atoms with Crippen LogP contribution in [0.4, 0.5) is 0 Å². The van der Waals surface area contributed by atoms with Crippen LogP contribution in [0, 0.1) is 0 Å². The molecule has 0 unspecified atom stereocenters. The largest absolute Gasteiger partial charge is 0.379 e. The van der Waals surface area contributed by atoms with E-state index >= 15 is 0 Å². The standard InChI is InChI=1S/C10H20N2O2.H2/c1-10(2,3)11-9(13)8-12-4-6-14-7-5-12;/h4-8H2,1-3H3,(H,11,13);1H. The molecule has 84 valence electrons. The lowest BCUT2D eigenvalue weighted by Gasteiger charge is -2.28. The number of morpholine rings is 1. The lowest BCUT2D eigenvalue weighted by atomic mass is 10.1. The van der Waals surface area contributed by atoms with Crippen LogP contribution in [0.15, 0.2) is 0 Å². The van der Waals surface area contributed by atoms with Gasteiger partial charge in [-0.1, -0.05) is 0 Å². The zero-order valence-electron chi connectivity index (χ0n) is 9.30. The Kier molecular flexibility index (Phi) is 3.89. The van der Waals surface area contributed by atoms with Crippen molar-refractivity contribution >= 4 is 5.91 Å². The molecule has 1 fully saturated rings. The molecule has 1 heterocycles. The van der Waals surface area contributed by atoms with Crippen LogP contribution in [-0.4, -0.2) is 49.2 Å². The number of hydrogen-bond donors (Lipinski definition) is 1. The van der Waals surface area contributed by atoms with E-state index in [0.29, 0.717) is 6.54 Å². The van der Waals surface area contributed by atoms with Gasteiger partial charge in [0.1, 0.15) is 0 Å². The highest BCUT2D eigenvalue weighted by Gasteiger charge is 2.17. The predicted octanol–water partition coefficient (Wildman–Crippen LogP) is 0.479. The number of nitrogens with zero attached hydrogens (tertiary/aromatic N) is 1. The van der Waals surface area contributed by atoms with Crippen LogP contribution in [0.5, 0.6) is 0 Å². The minimum absolute atomic E-state index is 0. The highest BCUT2D eigenvalue weighted by atomic mass is 16.5. The van der Waals surface area contributed by atoms with Gasteiger partial charge < -0.3 is 10.1 Å². The third kappa shape index (κ3) is 4.58. The van der Waals surface area contributed by atoms with Crippen molar-refractivity contribution in [3.63, 3.8) is 0 Å². The van der Waals surface area contributed by atoms with Crippen molar-refractivity contribution in [2.75, 3.05) is 32.8 Å². The van der Waals surface area contributed by atoms with Gasteiger partial charge in [-0.05, 0) is 20.8 Å². The fourth-order valence-corrected chi connectivity index (χ4v) is 1.42. The van der Waals surface area contributed by atoms with Crippen LogP contribution < -0.4 is 5.32 Å². The molecule has 0 bridgehead atoms. The fourth-order valence-electron chi connectivity index (χ4n) is 1.42. The highest BCUT2D eigenvalue weighted by molar-refractivity contribution is 5.78. The number of ether oxygens (including phenoxy) is 1. The first-order valence-electron chi connectivity index (χ1n) is 5.08. The highest BCUT2D eigenvalue weighted by Crippen LogP contribution is 2.00. The predicted molar refractivity (Wildman–Crippen MR) is 57.3 cm³/mol. The molecular weight excluding hydrogens is 180 g/mol. The molecular formula is C10H22N2O2. The molecule has 1 amide bonds. The summed E-state index contributed by atoms with van der Waals surface area (Å²) in [5.41, 5.74) is -0.136. The van der Waals surface area contributed by atoms with Crippen LogP contribution >= 0.6 is 0 Å². The van der Waals surface area contributed by atoms with E-state index < -0.39 is 0 Å². The van der Waals surface area contributed by atoms with Crippen molar-refractivity contribution in [1.29, 1.82) is 0 Å². The fraction of sp³-hybridized carbons (Fsp3) is 0.900. The smallest absolute Gasteiger partial charge is 0.234 e. The van der Waals surface area contributed by atoms with Crippen molar-refractivity contribution in [3.05, 3.63) is 0 Å². The minimum Gasteiger partial charge on any atom is -0.379 e. The zero-order chi connectivity index (χ0) is 10.6. The Labute approximate surface area is 87.1 Å². The number of hydrogen-bond acceptors (Lipinski definition) is 3. The Bertz CT molecular complexity index is 198. The molecule has 4 nitrogen and oxygen atoms in total. The minimum atomic E-state index is -0.136. The van der Waals surface area contributed by atoms with Crippen molar-refractivity contribution in [2.24, 2.45) is 0 Å². The Morgan fingerprint density at radius 3 is 2.50 bits per heavy atom. The van der Waals surface area contributed by atoms with E-state index in [4.69, 9.17) is 4.74 Å². The van der Waals surface area contributed by atoms with Gasteiger partial charge in [0.25, 0.3) is 0 Å². The average molecular weight is 202 g/mol. The van der Waals surface area contributed by atoms with E-state index in [1.54, 1.807) is 0 Å². The molecule has 1 saturated heterocycles. The van der Waals surface area contributed by atoms with Crippen molar-refractivity contribution in [3.8, 4) is 0 Å². The zero-order valence-corrected chi connectivity index (χ0v) is 9.30. The third-order valence-electron chi connectivity index (χ3n) is 1.99. The lowest BCUT2D eigenvalue weighted by molar-refractivity contribution is -0.124. The Hall–Kier alpha value is -0.610. The molecule has 4 heteroatoms. The molecule has 14 heavy (non-hydrogen) atoms. The summed E-state index contributed by atoms with van der Waals surface area (Å²) < 4.78 is 5.21. The molecule has 0 spiro atoms. The Morgan fingerprint density at radius 1 is 1.43 bits per heavy atom. The van der Waals surface area contributed by atoms with Gasteiger partial charge in [-0.2, -0.15) is 0 Å². The summed E-state index contributed by atoms with van der Waals surface area (Å²) in [6.07, 6.45) is 0. The normalized spacial score (nSPS) is 19.4. The second-order valence-corrected chi connectivity index (χ2v) is 4.69. The number of nitrogens with one attached hydrogen (secondary N) is 1. The van der Waals surface area contributed by atoms with Gasteiger partial charge in [0.2, 0.25) is 5.91 Å². The van der Waals surface area contributed by atoms with Gasteiger partial charge in [0, 0.05) is 20.1 Å². The van der Waals surface area contributed by atoms with Crippen LogP contribution in [-0.2, 0) is 9.53 Å². The van der Waals surface area contributed by atoms with Crippen molar-refractivity contribution in [2.45, 2.75) is 26.3 Å². The first-order chi connectivity index (χ1) is 6.47. The molecule has 1 rings (SSSR count). The molecule has 1 aliphatic heterocycles. The summed E-state index contributed by atoms with van der Waals surface area (Å²) >= 11 is 0. The summed E-state index contributed by atoms with van der Waals surface area (Å²) in [5, 5.41) is 2.95. The first kappa shape index (κ1) is 11.5. The van der Waals surface area contributed by atoms with Crippen LogP contribution in [0.1, 0.15) is 22.2 Å². The number of amides is 1. The summed E-state index contributed by atoms with van der Waals surface area (Å²) in [5.74, 6) is 0.0967. The number of carbonyl (C=O) groups excluding carboxylic acids is 1. The molecule has 1 aliphatic rings. The Morgan fingerprint density at radius 2 is 2.00 bits per heavy atom. The van der Waals surface area contributed by atoms with Gasteiger partial charge in [-0.15, -0.1) is 0 Å². The quantitative estimate of drug-likeness (QED) is 0.708. The van der Waals surface area contributed by atoms with Crippen LogP contribution in [0.3, 0.4) is 0 Å². The number of carbonyl (C=O) groups is 1. The SMILES string of the molecule is CC(C)(C)NC(=O)CN1CCOCC1.[HH]. The van der Waals surface area contributed by atoms with Crippen LogP contribution in [0.25, 0.3) is 0 Å². The molecule has 0 aromatic heterocycles. The van der Waals surface area contributed by atoms with Crippen LogP contribution in [0.2, 0.25) is 0 Å². The summed E-state index contributed by atoms with van der Waals surface area (Å²) in [6, 6.07) is 0. The lowest BCUT2D eigenvalue weighted by Crippen LogP contribution is -2.48.